The lowest BCUT2D eigenvalue weighted by atomic mass is 9.84. The van der Waals surface area contributed by atoms with Gasteiger partial charge in [-0.3, -0.25) is 4.21 Å². The summed E-state index contributed by atoms with van der Waals surface area (Å²) in [6.07, 6.45) is 4.58. The van der Waals surface area contributed by atoms with Crippen LogP contribution in [0.1, 0.15) is 46.5 Å². The Bertz CT molecular complexity index is 218. The van der Waals surface area contributed by atoms with Gasteiger partial charge < -0.3 is 5.73 Å². The van der Waals surface area contributed by atoms with E-state index in [1.54, 1.807) is 0 Å². The molecular weight excluding hydrogens is 206 g/mol. The summed E-state index contributed by atoms with van der Waals surface area (Å²) in [4.78, 5) is 0. The van der Waals surface area contributed by atoms with Gasteiger partial charge in [-0.25, -0.2) is 0 Å². The number of hydrogen-bond donors (Lipinski definition) is 1. The molecule has 3 heteroatoms. The summed E-state index contributed by atoms with van der Waals surface area (Å²) >= 11 is 0. The molecule has 0 radical (unpaired) electrons. The Morgan fingerprint density at radius 3 is 2.60 bits per heavy atom. The van der Waals surface area contributed by atoms with E-state index >= 15 is 0 Å². The van der Waals surface area contributed by atoms with Crippen molar-refractivity contribution in [3.8, 4) is 0 Å². The molecule has 0 amide bonds. The topological polar surface area (TPSA) is 43.1 Å². The second-order valence-corrected chi connectivity index (χ2v) is 6.93. The number of nitrogens with two attached hydrogens (primary N) is 1. The highest BCUT2D eigenvalue weighted by molar-refractivity contribution is 7.85. The normalized spacial score (nSPS) is 34.3. The lowest BCUT2D eigenvalue weighted by Gasteiger charge is -2.33. The van der Waals surface area contributed by atoms with Crippen LogP contribution in [-0.4, -0.2) is 21.3 Å². The van der Waals surface area contributed by atoms with Crippen molar-refractivity contribution in [3.05, 3.63) is 0 Å². The highest BCUT2D eigenvalue weighted by Crippen LogP contribution is 2.29. The predicted molar refractivity (Wildman–Crippen MR) is 67.2 cm³/mol. The van der Waals surface area contributed by atoms with Crippen molar-refractivity contribution in [3.63, 3.8) is 0 Å². The maximum absolute atomic E-state index is 12.1. The lowest BCUT2D eigenvalue weighted by molar-refractivity contribution is 0.323. The third-order valence-corrected chi connectivity index (χ3v) is 5.58. The molecule has 1 rings (SSSR count). The van der Waals surface area contributed by atoms with Crippen LogP contribution >= 0.6 is 0 Å². The average molecular weight is 231 g/mol. The van der Waals surface area contributed by atoms with E-state index in [4.69, 9.17) is 5.73 Å². The van der Waals surface area contributed by atoms with E-state index in [9.17, 15) is 4.21 Å². The first-order valence-electron chi connectivity index (χ1n) is 6.17. The number of rotatable bonds is 4. The lowest BCUT2D eigenvalue weighted by Crippen LogP contribution is -2.43. The van der Waals surface area contributed by atoms with Gasteiger partial charge in [0.1, 0.15) is 0 Å². The Labute approximate surface area is 96.5 Å². The average Bonchev–Trinajstić information content (AvgIpc) is 2.17. The SMILES string of the molecule is CCC1CCC(N)C(S(=O)CC(C)C)C1. The zero-order valence-corrected chi connectivity index (χ0v) is 11.1. The van der Waals surface area contributed by atoms with Gasteiger partial charge in [-0.1, -0.05) is 27.2 Å². The van der Waals surface area contributed by atoms with Crippen LogP contribution in [-0.2, 0) is 10.8 Å². The van der Waals surface area contributed by atoms with Gasteiger partial charge in [0.15, 0.2) is 0 Å². The second-order valence-electron chi connectivity index (χ2n) is 5.23. The van der Waals surface area contributed by atoms with Crippen molar-refractivity contribution >= 4 is 10.8 Å². The van der Waals surface area contributed by atoms with E-state index in [1.165, 1.54) is 12.8 Å². The van der Waals surface area contributed by atoms with Crippen molar-refractivity contribution in [1.82, 2.24) is 0 Å². The Morgan fingerprint density at radius 2 is 2.07 bits per heavy atom. The molecule has 1 aliphatic rings. The first-order valence-corrected chi connectivity index (χ1v) is 7.55. The summed E-state index contributed by atoms with van der Waals surface area (Å²) < 4.78 is 12.1. The van der Waals surface area contributed by atoms with E-state index in [0.29, 0.717) is 5.92 Å². The summed E-state index contributed by atoms with van der Waals surface area (Å²) in [5.74, 6) is 2.08. The van der Waals surface area contributed by atoms with Crippen LogP contribution in [0.5, 0.6) is 0 Å². The van der Waals surface area contributed by atoms with Gasteiger partial charge in [-0.2, -0.15) is 0 Å². The minimum absolute atomic E-state index is 0.174. The molecule has 0 aromatic heterocycles. The minimum atomic E-state index is -0.714. The Hall–Kier alpha value is 0.110. The molecule has 0 aliphatic heterocycles. The molecule has 1 aliphatic carbocycles. The Morgan fingerprint density at radius 1 is 1.40 bits per heavy atom. The smallest absolute Gasteiger partial charge is 0.0501 e. The van der Waals surface area contributed by atoms with Gasteiger partial charge in [0.05, 0.1) is 5.25 Å². The summed E-state index contributed by atoms with van der Waals surface area (Å²) in [7, 11) is -0.714. The monoisotopic (exact) mass is 231 g/mol. The fraction of sp³-hybridized carbons (Fsp3) is 1.00. The maximum atomic E-state index is 12.1. The third-order valence-electron chi connectivity index (χ3n) is 3.36. The van der Waals surface area contributed by atoms with Crippen LogP contribution in [0.25, 0.3) is 0 Å². The van der Waals surface area contributed by atoms with Crippen LogP contribution in [0.4, 0.5) is 0 Å². The Kier molecular flexibility index (Phi) is 5.27. The van der Waals surface area contributed by atoms with E-state index in [0.717, 1.165) is 24.5 Å². The molecule has 4 atom stereocenters. The third kappa shape index (κ3) is 3.87. The molecule has 0 heterocycles. The molecule has 0 spiro atoms. The van der Waals surface area contributed by atoms with E-state index in [1.807, 2.05) is 0 Å². The van der Waals surface area contributed by atoms with Crippen molar-refractivity contribution in [2.75, 3.05) is 5.75 Å². The van der Waals surface area contributed by atoms with E-state index < -0.39 is 10.8 Å². The standard InChI is InChI=1S/C12H25NOS/c1-4-10-5-6-11(13)12(7-10)15(14)8-9(2)3/h9-12H,4-8,13H2,1-3H3. The van der Waals surface area contributed by atoms with Crippen molar-refractivity contribution in [1.29, 1.82) is 0 Å². The molecule has 2 N–H and O–H groups in total. The fourth-order valence-electron chi connectivity index (χ4n) is 2.36. The molecule has 0 bridgehead atoms. The highest BCUT2D eigenvalue weighted by atomic mass is 32.2. The quantitative estimate of drug-likeness (QED) is 0.807. The van der Waals surface area contributed by atoms with Crippen LogP contribution in [0.2, 0.25) is 0 Å². The first-order chi connectivity index (χ1) is 7.04. The summed E-state index contributed by atoms with van der Waals surface area (Å²) in [5, 5.41) is 0.256. The van der Waals surface area contributed by atoms with Crippen LogP contribution < -0.4 is 5.73 Å². The molecule has 90 valence electrons. The van der Waals surface area contributed by atoms with Crippen molar-refractivity contribution in [2.45, 2.75) is 57.7 Å². The van der Waals surface area contributed by atoms with Gasteiger partial charge in [-0.05, 0) is 31.1 Å². The van der Waals surface area contributed by atoms with Gasteiger partial charge in [0.2, 0.25) is 0 Å². The molecule has 0 aromatic carbocycles. The zero-order valence-electron chi connectivity index (χ0n) is 10.2. The number of hydrogen-bond acceptors (Lipinski definition) is 2. The van der Waals surface area contributed by atoms with Gasteiger partial charge in [-0.15, -0.1) is 0 Å². The predicted octanol–water partition coefficient (Wildman–Crippen LogP) is 2.30. The molecule has 4 unspecified atom stereocenters. The fourth-order valence-corrected chi connectivity index (χ4v) is 4.28. The first kappa shape index (κ1) is 13.2. The zero-order chi connectivity index (χ0) is 11.4. The van der Waals surface area contributed by atoms with Crippen LogP contribution in [0.15, 0.2) is 0 Å². The van der Waals surface area contributed by atoms with Crippen LogP contribution in [0.3, 0.4) is 0 Å². The molecule has 1 saturated carbocycles. The van der Waals surface area contributed by atoms with Gasteiger partial charge in [0, 0.05) is 22.6 Å². The minimum Gasteiger partial charge on any atom is -0.327 e. The maximum Gasteiger partial charge on any atom is 0.0501 e. The van der Waals surface area contributed by atoms with Gasteiger partial charge in [0.25, 0.3) is 0 Å². The summed E-state index contributed by atoms with van der Waals surface area (Å²) in [6, 6.07) is 0.174. The van der Waals surface area contributed by atoms with Crippen molar-refractivity contribution in [2.24, 2.45) is 17.6 Å². The molecule has 0 aromatic rings. The molecule has 2 nitrogen and oxygen atoms in total. The molecular formula is C12H25NOS. The Balaban J connectivity index is 2.53. The van der Waals surface area contributed by atoms with Crippen LogP contribution in [0, 0.1) is 11.8 Å². The molecule has 1 fully saturated rings. The summed E-state index contributed by atoms with van der Waals surface area (Å²) in [6.45, 7) is 6.48. The molecule has 15 heavy (non-hydrogen) atoms. The summed E-state index contributed by atoms with van der Waals surface area (Å²) in [5.41, 5.74) is 6.08. The van der Waals surface area contributed by atoms with E-state index in [2.05, 4.69) is 20.8 Å². The largest absolute Gasteiger partial charge is 0.327 e. The molecule has 0 saturated heterocycles. The second kappa shape index (κ2) is 6.00. The highest BCUT2D eigenvalue weighted by Gasteiger charge is 2.31. The van der Waals surface area contributed by atoms with Gasteiger partial charge >= 0.3 is 0 Å². The van der Waals surface area contributed by atoms with Crippen molar-refractivity contribution < 1.29 is 4.21 Å². The van der Waals surface area contributed by atoms with E-state index in [-0.39, 0.29) is 11.3 Å².